The third kappa shape index (κ3) is 3.61. The second kappa shape index (κ2) is 6.65. The molecule has 0 amide bonds. The van der Waals surface area contributed by atoms with E-state index >= 15 is 0 Å². The minimum atomic E-state index is -1.99. The molecular formula is C16H11Cl3N2OS. The van der Waals surface area contributed by atoms with Crippen LogP contribution in [0.3, 0.4) is 0 Å². The van der Waals surface area contributed by atoms with Gasteiger partial charge in [0.25, 0.3) is 3.79 Å². The van der Waals surface area contributed by atoms with Gasteiger partial charge in [0, 0.05) is 17.3 Å². The third-order valence-corrected chi connectivity index (χ3v) is 4.66. The van der Waals surface area contributed by atoms with Gasteiger partial charge in [-0.2, -0.15) is 0 Å². The van der Waals surface area contributed by atoms with Crippen molar-refractivity contribution in [2.24, 2.45) is 0 Å². The van der Waals surface area contributed by atoms with E-state index in [-0.39, 0.29) is 0 Å². The fourth-order valence-corrected chi connectivity index (χ4v) is 3.32. The van der Waals surface area contributed by atoms with Crippen LogP contribution in [0.25, 0.3) is 0 Å². The highest BCUT2D eigenvalue weighted by atomic mass is 35.6. The Balaban J connectivity index is 1.97. The lowest BCUT2D eigenvalue weighted by molar-refractivity contribution is 0.0986. The Morgan fingerprint density at radius 2 is 1.52 bits per heavy atom. The number of aromatic nitrogens is 2. The molecule has 0 unspecified atom stereocenters. The number of rotatable bonds is 4. The Hall–Kier alpha value is -1.33. The number of halogens is 3. The summed E-state index contributed by atoms with van der Waals surface area (Å²) in [4.78, 5) is 13.4. The topological polar surface area (TPSA) is 26.9 Å². The van der Waals surface area contributed by atoms with Gasteiger partial charge in [0.05, 0.1) is 0 Å². The van der Waals surface area contributed by atoms with Crippen molar-refractivity contribution in [3.05, 3.63) is 72.7 Å². The van der Waals surface area contributed by atoms with Crippen molar-refractivity contribution >= 4 is 52.3 Å². The SMILES string of the molecule is O=C(c1cccn1-n1cccc1Sc1ccccc1)C(Cl)(Cl)Cl. The second-order valence-corrected chi connectivity index (χ2v) is 8.05. The first-order chi connectivity index (χ1) is 11.0. The maximum Gasteiger partial charge on any atom is 0.255 e. The summed E-state index contributed by atoms with van der Waals surface area (Å²) in [6, 6.07) is 17.2. The molecule has 0 radical (unpaired) electrons. The lowest BCUT2D eigenvalue weighted by Crippen LogP contribution is -2.24. The van der Waals surface area contributed by atoms with Crippen molar-refractivity contribution in [2.45, 2.75) is 13.7 Å². The average Bonchev–Trinajstić information content (AvgIpc) is 3.14. The van der Waals surface area contributed by atoms with Crippen LogP contribution in [0.2, 0.25) is 0 Å². The molecule has 0 fully saturated rings. The number of carbonyl (C=O) groups is 1. The molecule has 3 rings (SSSR count). The zero-order valence-electron chi connectivity index (χ0n) is 11.7. The number of nitrogens with zero attached hydrogens (tertiary/aromatic N) is 2. The molecule has 0 spiro atoms. The van der Waals surface area contributed by atoms with Crippen LogP contribution < -0.4 is 0 Å². The number of ketones is 1. The van der Waals surface area contributed by atoms with Crippen molar-refractivity contribution in [3.8, 4) is 0 Å². The normalized spacial score (nSPS) is 11.6. The van der Waals surface area contributed by atoms with Crippen LogP contribution >= 0.6 is 46.6 Å². The molecule has 7 heteroatoms. The molecule has 0 aliphatic heterocycles. The summed E-state index contributed by atoms with van der Waals surface area (Å²) in [7, 11) is 0. The average molecular weight is 386 g/mol. The summed E-state index contributed by atoms with van der Waals surface area (Å²) in [5.41, 5.74) is 0.302. The molecule has 1 aromatic carbocycles. The van der Waals surface area contributed by atoms with Crippen molar-refractivity contribution in [1.29, 1.82) is 0 Å². The molecule has 0 saturated carbocycles. The Kier molecular flexibility index (Phi) is 4.78. The maximum absolute atomic E-state index is 12.3. The summed E-state index contributed by atoms with van der Waals surface area (Å²) in [5, 5.41) is 0.936. The maximum atomic E-state index is 12.3. The minimum Gasteiger partial charge on any atom is -0.288 e. The van der Waals surface area contributed by atoms with Gasteiger partial charge in [-0.05, 0) is 36.4 Å². The molecule has 0 atom stereocenters. The number of hydrogen-bond donors (Lipinski definition) is 0. The highest BCUT2D eigenvalue weighted by molar-refractivity contribution is 7.99. The van der Waals surface area contributed by atoms with Gasteiger partial charge in [0.1, 0.15) is 10.7 Å². The summed E-state index contributed by atoms with van der Waals surface area (Å²) < 4.78 is 1.51. The Morgan fingerprint density at radius 3 is 2.22 bits per heavy atom. The first-order valence-corrected chi connectivity index (χ1v) is 8.61. The van der Waals surface area contributed by atoms with Gasteiger partial charge >= 0.3 is 0 Å². The van der Waals surface area contributed by atoms with Crippen LogP contribution in [0.4, 0.5) is 0 Å². The van der Waals surface area contributed by atoms with E-state index in [4.69, 9.17) is 34.8 Å². The van der Waals surface area contributed by atoms with Gasteiger partial charge in [-0.25, -0.2) is 4.68 Å². The smallest absolute Gasteiger partial charge is 0.255 e. The van der Waals surface area contributed by atoms with E-state index in [0.717, 1.165) is 9.92 Å². The minimum absolute atomic E-state index is 0.302. The molecule has 3 aromatic rings. The Morgan fingerprint density at radius 1 is 0.870 bits per heavy atom. The Bertz CT molecular complexity index is 821. The molecule has 23 heavy (non-hydrogen) atoms. The lowest BCUT2D eigenvalue weighted by atomic mass is 10.3. The molecular weight excluding hydrogens is 375 g/mol. The first kappa shape index (κ1) is 16.5. The van der Waals surface area contributed by atoms with Gasteiger partial charge in [-0.1, -0.05) is 64.8 Å². The molecule has 0 aliphatic rings. The number of carbonyl (C=O) groups excluding carboxylic acids is 1. The van der Waals surface area contributed by atoms with Gasteiger partial charge < -0.3 is 0 Å². The number of hydrogen-bond acceptors (Lipinski definition) is 2. The summed E-state index contributed by atoms with van der Waals surface area (Å²) >= 11 is 18.8. The first-order valence-electron chi connectivity index (χ1n) is 6.66. The summed E-state index contributed by atoms with van der Waals surface area (Å²) in [6.07, 6.45) is 3.60. The zero-order valence-corrected chi connectivity index (χ0v) is 14.8. The van der Waals surface area contributed by atoms with Crippen molar-refractivity contribution < 1.29 is 4.79 Å². The second-order valence-electron chi connectivity index (χ2n) is 4.67. The van der Waals surface area contributed by atoms with Gasteiger partial charge in [-0.3, -0.25) is 9.47 Å². The summed E-state index contributed by atoms with van der Waals surface area (Å²) in [6.45, 7) is 0. The van der Waals surface area contributed by atoms with Crippen LogP contribution in [0, 0.1) is 0 Å². The van der Waals surface area contributed by atoms with E-state index in [1.165, 1.54) is 0 Å². The predicted molar refractivity (Wildman–Crippen MR) is 94.8 cm³/mol. The van der Waals surface area contributed by atoms with Gasteiger partial charge in [0.2, 0.25) is 5.78 Å². The molecule has 2 aromatic heterocycles. The van der Waals surface area contributed by atoms with E-state index < -0.39 is 9.58 Å². The molecule has 3 nitrogen and oxygen atoms in total. The number of alkyl halides is 3. The van der Waals surface area contributed by atoms with Crippen molar-refractivity contribution in [1.82, 2.24) is 9.35 Å². The fourth-order valence-electron chi connectivity index (χ4n) is 2.11. The monoisotopic (exact) mass is 384 g/mol. The third-order valence-electron chi connectivity index (χ3n) is 3.11. The van der Waals surface area contributed by atoms with Crippen molar-refractivity contribution in [3.63, 3.8) is 0 Å². The molecule has 0 aliphatic carbocycles. The van der Waals surface area contributed by atoms with E-state index in [1.54, 1.807) is 34.8 Å². The van der Waals surface area contributed by atoms with Crippen LogP contribution in [-0.4, -0.2) is 18.9 Å². The quantitative estimate of drug-likeness (QED) is 0.450. The molecule has 118 valence electrons. The van der Waals surface area contributed by atoms with Crippen LogP contribution in [0.15, 0.2) is 76.9 Å². The number of Topliss-reactive ketones (excluding diaryl/α,β-unsaturated/α-hetero) is 1. The molecule has 0 saturated heterocycles. The van der Waals surface area contributed by atoms with Crippen molar-refractivity contribution in [2.75, 3.05) is 0 Å². The number of benzene rings is 1. The van der Waals surface area contributed by atoms with Crippen LogP contribution in [0.1, 0.15) is 10.5 Å². The largest absolute Gasteiger partial charge is 0.288 e. The van der Waals surface area contributed by atoms with E-state index in [2.05, 4.69) is 0 Å². The standard InChI is InChI=1S/C16H11Cl3N2OS/c17-16(18,19)15(22)13-8-4-10-20(13)21-11-5-9-14(21)23-12-6-2-1-3-7-12/h1-11H. The van der Waals surface area contributed by atoms with Gasteiger partial charge in [0.15, 0.2) is 0 Å². The molecule has 2 heterocycles. The van der Waals surface area contributed by atoms with Crippen LogP contribution in [-0.2, 0) is 0 Å². The van der Waals surface area contributed by atoms with E-state index in [0.29, 0.717) is 5.69 Å². The van der Waals surface area contributed by atoms with Crippen LogP contribution in [0.5, 0.6) is 0 Å². The summed E-state index contributed by atoms with van der Waals surface area (Å²) in [5.74, 6) is -0.572. The van der Waals surface area contributed by atoms with Gasteiger partial charge in [-0.15, -0.1) is 0 Å². The van der Waals surface area contributed by atoms with E-state index in [1.807, 2.05) is 53.3 Å². The zero-order chi connectivity index (χ0) is 16.4. The highest BCUT2D eigenvalue weighted by Crippen LogP contribution is 2.32. The molecule has 0 N–H and O–H groups in total. The lowest BCUT2D eigenvalue weighted by Gasteiger charge is -2.16. The fraction of sp³-hybridized carbons (Fsp3) is 0.0625. The Labute approximate surface area is 152 Å². The molecule has 0 bridgehead atoms. The predicted octanol–water partition coefficient (Wildman–Crippen LogP) is 5.31. The van der Waals surface area contributed by atoms with E-state index in [9.17, 15) is 4.79 Å². The highest BCUT2D eigenvalue weighted by Gasteiger charge is 2.34.